The third-order valence-corrected chi connectivity index (χ3v) is 6.19. The van der Waals surface area contributed by atoms with E-state index in [1.807, 2.05) is 80.6 Å². The van der Waals surface area contributed by atoms with Crippen molar-refractivity contribution in [1.29, 1.82) is 0 Å². The molecule has 0 radical (unpaired) electrons. The number of nitrogens with one attached hydrogen (secondary N) is 1. The number of para-hydroxylation sites is 1. The van der Waals surface area contributed by atoms with E-state index in [9.17, 15) is 9.59 Å². The molecule has 1 heterocycles. The molecule has 3 aromatic carbocycles. The molecule has 5 nitrogen and oxygen atoms in total. The van der Waals surface area contributed by atoms with E-state index in [1.165, 1.54) is 0 Å². The molecule has 1 amide bonds. The van der Waals surface area contributed by atoms with Crippen LogP contribution in [0.4, 0.5) is 5.69 Å². The summed E-state index contributed by atoms with van der Waals surface area (Å²) in [6, 6.07) is 22.4. The number of aromatic nitrogens is 1. The number of fused-ring (bicyclic) bond motifs is 1. The average molecular weight is 489 g/mol. The van der Waals surface area contributed by atoms with Gasteiger partial charge in [0.1, 0.15) is 0 Å². The van der Waals surface area contributed by atoms with Gasteiger partial charge in [0.15, 0.2) is 6.61 Å². The Morgan fingerprint density at radius 3 is 2.44 bits per heavy atom. The molecule has 0 spiro atoms. The molecule has 0 saturated carbocycles. The Labute approximate surface area is 194 Å². The Balaban J connectivity index is 1.55. The zero-order chi connectivity index (χ0) is 22.7. The maximum atomic E-state index is 12.9. The summed E-state index contributed by atoms with van der Waals surface area (Å²) >= 11 is 3.48. The Morgan fingerprint density at radius 2 is 1.66 bits per heavy atom. The minimum atomic E-state index is -0.570. The van der Waals surface area contributed by atoms with Gasteiger partial charge >= 0.3 is 5.97 Å². The molecule has 160 valence electrons. The van der Waals surface area contributed by atoms with Crippen molar-refractivity contribution < 1.29 is 14.3 Å². The van der Waals surface area contributed by atoms with Gasteiger partial charge in [0.2, 0.25) is 0 Å². The van der Waals surface area contributed by atoms with E-state index in [1.54, 1.807) is 6.07 Å². The number of ether oxygens (including phenoxy) is 1. The fourth-order valence-electron chi connectivity index (χ4n) is 3.42. The van der Waals surface area contributed by atoms with Crippen LogP contribution in [-0.2, 0) is 9.53 Å². The summed E-state index contributed by atoms with van der Waals surface area (Å²) in [6.07, 6.45) is 0. The fourth-order valence-corrected chi connectivity index (χ4v) is 3.85. The normalized spacial score (nSPS) is 10.7. The van der Waals surface area contributed by atoms with Crippen molar-refractivity contribution in [3.05, 3.63) is 94.0 Å². The van der Waals surface area contributed by atoms with Gasteiger partial charge in [-0.3, -0.25) is 4.79 Å². The maximum Gasteiger partial charge on any atom is 0.339 e. The van der Waals surface area contributed by atoms with Crippen LogP contribution in [0.1, 0.15) is 21.5 Å². The number of benzene rings is 3. The first-order valence-corrected chi connectivity index (χ1v) is 10.9. The first-order valence-electron chi connectivity index (χ1n) is 10.1. The van der Waals surface area contributed by atoms with Crippen molar-refractivity contribution in [2.75, 3.05) is 11.9 Å². The Hall–Kier alpha value is -3.51. The van der Waals surface area contributed by atoms with E-state index in [-0.39, 0.29) is 6.61 Å². The molecule has 0 bridgehead atoms. The van der Waals surface area contributed by atoms with Crippen molar-refractivity contribution in [3.63, 3.8) is 0 Å². The van der Waals surface area contributed by atoms with Crippen LogP contribution in [0.5, 0.6) is 0 Å². The quantitative estimate of drug-likeness (QED) is 0.345. The predicted molar refractivity (Wildman–Crippen MR) is 130 cm³/mol. The summed E-state index contributed by atoms with van der Waals surface area (Å²) in [7, 11) is 0. The van der Waals surface area contributed by atoms with Gasteiger partial charge in [0.05, 0.1) is 16.8 Å². The van der Waals surface area contributed by atoms with Gasteiger partial charge < -0.3 is 10.1 Å². The van der Waals surface area contributed by atoms with Crippen LogP contribution in [-0.4, -0.2) is 23.5 Å². The summed E-state index contributed by atoms with van der Waals surface area (Å²) in [5.41, 5.74) is 5.30. The molecular weight excluding hydrogens is 468 g/mol. The number of hydrogen-bond donors (Lipinski definition) is 1. The van der Waals surface area contributed by atoms with Crippen LogP contribution in [0.3, 0.4) is 0 Å². The molecule has 4 aromatic rings. The third kappa shape index (κ3) is 4.55. The molecule has 0 atom stereocenters. The molecule has 0 aliphatic carbocycles. The number of esters is 1. The number of halogens is 1. The van der Waals surface area contributed by atoms with Crippen molar-refractivity contribution in [3.8, 4) is 11.3 Å². The summed E-state index contributed by atoms with van der Waals surface area (Å²) < 4.78 is 6.34. The van der Waals surface area contributed by atoms with Crippen molar-refractivity contribution in [1.82, 2.24) is 4.98 Å². The number of anilines is 1. The zero-order valence-corrected chi connectivity index (χ0v) is 19.3. The monoisotopic (exact) mass is 488 g/mol. The minimum Gasteiger partial charge on any atom is -0.452 e. The average Bonchev–Trinajstić information content (AvgIpc) is 2.82. The largest absolute Gasteiger partial charge is 0.452 e. The van der Waals surface area contributed by atoms with E-state index < -0.39 is 11.9 Å². The number of amides is 1. The van der Waals surface area contributed by atoms with Gasteiger partial charge in [-0.2, -0.15) is 0 Å². The maximum absolute atomic E-state index is 12.9. The molecule has 0 saturated heterocycles. The topological polar surface area (TPSA) is 68.3 Å². The Morgan fingerprint density at radius 1 is 0.938 bits per heavy atom. The molecule has 0 aliphatic heterocycles. The fraction of sp³-hybridized carbons (Fsp3) is 0.115. The lowest BCUT2D eigenvalue weighted by molar-refractivity contribution is -0.119. The molecule has 1 N–H and O–H groups in total. The summed E-state index contributed by atoms with van der Waals surface area (Å²) in [4.78, 5) is 30.0. The van der Waals surface area contributed by atoms with Crippen molar-refractivity contribution in [2.45, 2.75) is 13.8 Å². The first kappa shape index (κ1) is 21.7. The molecule has 6 heteroatoms. The van der Waals surface area contributed by atoms with E-state index in [0.717, 1.165) is 21.2 Å². The number of carbonyl (C=O) groups excluding carboxylic acids is 2. The van der Waals surface area contributed by atoms with Gasteiger partial charge in [0.25, 0.3) is 5.91 Å². The lowest BCUT2D eigenvalue weighted by Crippen LogP contribution is -2.21. The SMILES string of the molecule is Cc1c(Br)ccc(NC(=O)COC(=O)c2cc(-c3ccccc3)nc3ccccc23)c1C. The molecule has 32 heavy (non-hydrogen) atoms. The van der Waals surface area contributed by atoms with Crippen LogP contribution in [0.15, 0.2) is 77.3 Å². The van der Waals surface area contributed by atoms with E-state index >= 15 is 0 Å². The van der Waals surface area contributed by atoms with Crippen molar-refractivity contribution >= 4 is 44.4 Å². The van der Waals surface area contributed by atoms with Crippen LogP contribution < -0.4 is 5.32 Å². The first-order chi connectivity index (χ1) is 15.4. The van der Waals surface area contributed by atoms with Gasteiger partial charge in [-0.1, -0.05) is 64.5 Å². The molecule has 1 aromatic heterocycles. The number of carbonyl (C=O) groups is 2. The molecule has 4 rings (SSSR count). The minimum absolute atomic E-state index is 0.373. The zero-order valence-electron chi connectivity index (χ0n) is 17.7. The van der Waals surface area contributed by atoms with Crippen LogP contribution in [0.2, 0.25) is 0 Å². The molecule has 0 unspecified atom stereocenters. The van der Waals surface area contributed by atoms with Gasteiger partial charge in [-0.05, 0) is 49.2 Å². The van der Waals surface area contributed by atoms with Gasteiger partial charge in [-0.25, -0.2) is 9.78 Å². The predicted octanol–water partition coefficient (Wildman–Crippen LogP) is 6.08. The molecule has 0 aliphatic rings. The standard InChI is InChI=1S/C26H21BrN2O3/c1-16-17(2)22(13-12-21(16)27)29-25(30)15-32-26(31)20-14-24(18-8-4-3-5-9-18)28-23-11-7-6-10-19(20)23/h3-14H,15H2,1-2H3,(H,29,30). The number of nitrogens with zero attached hydrogens (tertiary/aromatic N) is 1. The highest BCUT2D eigenvalue weighted by Gasteiger charge is 2.17. The smallest absolute Gasteiger partial charge is 0.339 e. The van der Waals surface area contributed by atoms with Crippen LogP contribution in [0, 0.1) is 13.8 Å². The third-order valence-electron chi connectivity index (χ3n) is 5.34. The number of pyridine rings is 1. The second-order valence-electron chi connectivity index (χ2n) is 7.41. The lowest BCUT2D eigenvalue weighted by atomic mass is 10.0. The highest BCUT2D eigenvalue weighted by atomic mass is 79.9. The summed E-state index contributed by atoms with van der Waals surface area (Å²) in [5.74, 6) is -0.968. The van der Waals surface area contributed by atoms with Gasteiger partial charge in [-0.15, -0.1) is 0 Å². The highest BCUT2D eigenvalue weighted by molar-refractivity contribution is 9.10. The highest BCUT2D eigenvalue weighted by Crippen LogP contribution is 2.27. The number of rotatable bonds is 5. The lowest BCUT2D eigenvalue weighted by Gasteiger charge is -2.13. The van der Waals surface area contributed by atoms with E-state index in [0.29, 0.717) is 27.8 Å². The summed E-state index contributed by atoms with van der Waals surface area (Å²) in [5, 5.41) is 3.49. The van der Waals surface area contributed by atoms with Crippen LogP contribution in [0.25, 0.3) is 22.2 Å². The van der Waals surface area contributed by atoms with Crippen LogP contribution >= 0.6 is 15.9 Å². The van der Waals surface area contributed by atoms with Gasteiger partial charge in [0, 0.05) is 21.1 Å². The molecule has 0 fully saturated rings. The second kappa shape index (κ2) is 9.32. The Kier molecular flexibility index (Phi) is 6.32. The number of hydrogen-bond acceptors (Lipinski definition) is 4. The van der Waals surface area contributed by atoms with E-state index in [2.05, 4.69) is 26.2 Å². The summed E-state index contributed by atoms with van der Waals surface area (Å²) in [6.45, 7) is 3.51. The van der Waals surface area contributed by atoms with E-state index in [4.69, 9.17) is 4.74 Å². The Bertz CT molecular complexity index is 1320. The second-order valence-corrected chi connectivity index (χ2v) is 8.26. The van der Waals surface area contributed by atoms with Crippen molar-refractivity contribution in [2.24, 2.45) is 0 Å². The molecular formula is C26H21BrN2O3.